The largest absolute Gasteiger partial charge is 0.461 e. The van der Waals surface area contributed by atoms with Gasteiger partial charge in [0.25, 0.3) is 0 Å². The molecule has 1 aromatic heterocycles. The van der Waals surface area contributed by atoms with Crippen molar-refractivity contribution in [2.75, 3.05) is 12.9 Å². The Balaban J connectivity index is 2.45. The molecular weight excluding hydrogens is 311 g/mol. The summed E-state index contributed by atoms with van der Waals surface area (Å²) in [5, 5.41) is 3.76. The monoisotopic (exact) mass is 326 g/mol. The fourth-order valence-corrected chi connectivity index (χ4v) is 2.72. The summed E-state index contributed by atoms with van der Waals surface area (Å²) in [7, 11) is -3.62. The number of carbonyl (C=O) groups excluding carboxylic acids is 1. The lowest BCUT2D eigenvalue weighted by atomic mass is 10.2. The van der Waals surface area contributed by atoms with Gasteiger partial charge in [-0.3, -0.25) is 0 Å². The number of hydrogen-bond donors (Lipinski definition) is 0. The highest BCUT2D eigenvalue weighted by atomic mass is 32.2. The van der Waals surface area contributed by atoms with Gasteiger partial charge in [-0.1, -0.05) is 18.2 Å². The second-order valence-corrected chi connectivity index (χ2v) is 6.57. The molecule has 0 radical (unpaired) electrons. The van der Waals surface area contributed by atoms with Crippen molar-refractivity contribution in [2.24, 2.45) is 0 Å². The van der Waals surface area contributed by atoms with Gasteiger partial charge in [0.15, 0.2) is 20.6 Å². The topological polar surface area (TPSA) is 78.3 Å². The van der Waals surface area contributed by atoms with E-state index in [-0.39, 0.29) is 29.4 Å². The van der Waals surface area contributed by atoms with E-state index in [1.165, 1.54) is 18.2 Å². The number of nitrogens with zero attached hydrogens (tertiary/aromatic N) is 2. The minimum atomic E-state index is -3.62. The molecule has 0 amide bonds. The van der Waals surface area contributed by atoms with Crippen LogP contribution in [0, 0.1) is 5.82 Å². The van der Waals surface area contributed by atoms with Crippen molar-refractivity contribution < 1.29 is 22.3 Å². The normalized spacial score (nSPS) is 11.4. The second kappa shape index (κ2) is 6.27. The molecule has 0 N–H and O–H groups in total. The highest BCUT2D eigenvalue weighted by Gasteiger charge is 2.22. The molecule has 1 heterocycles. The molecular formula is C14H15FN2O4S. The summed E-state index contributed by atoms with van der Waals surface area (Å²) in [5.41, 5.74) is 0.143. The van der Waals surface area contributed by atoms with Gasteiger partial charge in [0.1, 0.15) is 5.82 Å². The third kappa shape index (κ3) is 3.51. The summed E-state index contributed by atoms with van der Waals surface area (Å²) in [6, 6.07) is 7.09. The third-order valence-electron chi connectivity index (χ3n) is 2.89. The van der Waals surface area contributed by atoms with Crippen LogP contribution in [0.5, 0.6) is 0 Å². The van der Waals surface area contributed by atoms with Crippen LogP contribution in [0.25, 0.3) is 0 Å². The number of esters is 1. The van der Waals surface area contributed by atoms with E-state index in [1.54, 1.807) is 13.0 Å². The van der Waals surface area contributed by atoms with Crippen molar-refractivity contribution in [2.45, 2.75) is 18.5 Å². The zero-order chi connectivity index (χ0) is 16.3. The second-order valence-electron chi connectivity index (χ2n) is 4.61. The number of rotatable bonds is 5. The molecule has 0 spiro atoms. The highest BCUT2D eigenvalue weighted by molar-refractivity contribution is 7.90. The van der Waals surface area contributed by atoms with Gasteiger partial charge < -0.3 is 4.74 Å². The number of halogens is 1. The summed E-state index contributed by atoms with van der Waals surface area (Å²) in [5.74, 6) is -1.20. The van der Waals surface area contributed by atoms with E-state index in [9.17, 15) is 17.6 Å². The molecule has 0 saturated carbocycles. The first-order valence-electron chi connectivity index (χ1n) is 6.51. The first-order valence-corrected chi connectivity index (χ1v) is 8.40. The summed E-state index contributed by atoms with van der Waals surface area (Å²) in [4.78, 5) is 11.7. The van der Waals surface area contributed by atoms with Gasteiger partial charge in [0.05, 0.1) is 13.2 Å². The zero-order valence-electron chi connectivity index (χ0n) is 12.1. The van der Waals surface area contributed by atoms with Gasteiger partial charge in [0, 0.05) is 17.9 Å². The number of ether oxygens (including phenoxy) is 1. The van der Waals surface area contributed by atoms with Gasteiger partial charge in [-0.2, -0.15) is 5.10 Å². The average Bonchev–Trinajstić information content (AvgIpc) is 2.86. The van der Waals surface area contributed by atoms with Crippen LogP contribution in [0.3, 0.4) is 0 Å². The van der Waals surface area contributed by atoms with Gasteiger partial charge >= 0.3 is 5.97 Å². The SMILES string of the molecule is CCOC(=O)c1cc(S(C)(=O)=O)n(Cc2ccccc2F)n1. The maximum Gasteiger partial charge on any atom is 0.358 e. The standard InChI is InChI=1S/C14H15FN2O4S/c1-3-21-14(18)12-8-13(22(2,19)20)17(16-12)9-10-6-4-5-7-11(10)15/h4-8H,3,9H2,1-2H3. The molecule has 0 bridgehead atoms. The fraction of sp³-hybridized carbons (Fsp3) is 0.286. The Morgan fingerprint density at radius 2 is 2.05 bits per heavy atom. The molecule has 118 valence electrons. The predicted octanol–water partition coefficient (Wildman–Crippen LogP) is 1.65. The molecule has 0 unspecified atom stereocenters. The molecule has 6 nitrogen and oxygen atoms in total. The number of carbonyl (C=O) groups is 1. The summed E-state index contributed by atoms with van der Waals surface area (Å²) >= 11 is 0. The van der Waals surface area contributed by atoms with Crippen LogP contribution in [-0.4, -0.2) is 37.0 Å². The van der Waals surface area contributed by atoms with Crippen molar-refractivity contribution in [1.29, 1.82) is 0 Å². The Labute approximate surface area is 127 Å². The van der Waals surface area contributed by atoms with Crippen LogP contribution in [0.1, 0.15) is 23.0 Å². The molecule has 8 heteroatoms. The summed E-state index contributed by atoms with van der Waals surface area (Å²) in [6.07, 6.45) is 0.997. The zero-order valence-corrected chi connectivity index (χ0v) is 12.9. The molecule has 0 aliphatic carbocycles. The van der Waals surface area contributed by atoms with E-state index in [2.05, 4.69) is 5.10 Å². The molecule has 0 aliphatic heterocycles. The van der Waals surface area contributed by atoms with Crippen LogP contribution in [0.15, 0.2) is 35.4 Å². The number of hydrogen-bond acceptors (Lipinski definition) is 5. The first-order chi connectivity index (χ1) is 10.3. The maximum absolute atomic E-state index is 13.7. The Hall–Kier alpha value is -2.22. The van der Waals surface area contributed by atoms with Crippen LogP contribution in [0.4, 0.5) is 4.39 Å². The maximum atomic E-state index is 13.7. The summed E-state index contributed by atoms with van der Waals surface area (Å²) < 4.78 is 43.2. The Kier molecular flexibility index (Phi) is 4.60. The van der Waals surface area contributed by atoms with Crippen LogP contribution in [-0.2, 0) is 21.1 Å². The van der Waals surface area contributed by atoms with Crippen LogP contribution < -0.4 is 0 Å². The van der Waals surface area contributed by atoms with Crippen LogP contribution >= 0.6 is 0 Å². The predicted molar refractivity (Wildman–Crippen MR) is 76.8 cm³/mol. The fourth-order valence-electron chi connectivity index (χ4n) is 1.90. The Morgan fingerprint density at radius 3 is 2.64 bits per heavy atom. The van der Waals surface area contributed by atoms with Crippen molar-refractivity contribution in [3.05, 3.63) is 47.4 Å². The van der Waals surface area contributed by atoms with Gasteiger partial charge in [-0.05, 0) is 13.0 Å². The number of sulfone groups is 1. The average molecular weight is 326 g/mol. The van der Waals surface area contributed by atoms with Gasteiger partial charge in [0.2, 0.25) is 0 Å². The Bertz CT molecular complexity index is 799. The van der Waals surface area contributed by atoms with E-state index in [4.69, 9.17) is 4.74 Å². The minimum absolute atomic E-state index is 0.103. The molecule has 0 atom stereocenters. The van der Waals surface area contributed by atoms with Crippen LogP contribution in [0.2, 0.25) is 0 Å². The smallest absolute Gasteiger partial charge is 0.358 e. The molecule has 2 rings (SSSR count). The number of aromatic nitrogens is 2. The molecule has 1 aromatic carbocycles. The lowest BCUT2D eigenvalue weighted by Gasteiger charge is -2.06. The molecule has 0 aliphatic rings. The molecule has 0 fully saturated rings. The lowest BCUT2D eigenvalue weighted by Crippen LogP contribution is -2.12. The third-order valence-corrected chi connectivity index (χ3v) is 3.97. The molecule has 0 saturated heterocycles. The lowest BCUT2D eigenvalue weighted by molar-refractivity contribution is 0.0518. The van der Waals surface area contributed by atoms with E-state index in [0.717, 1.165) is 17.0 Å². The molecule has 22 heavy (non-hydrogen) atoms. The minimum Gasteiger partial charge on any atom is -0.461 e. The van der Waals surface area contributed by atoms with Gasteiger partial charge in [-0.25, -0.2) is 22.3 Å². The van der Waals surface area contributed by atoms with Crippen molar-refractivity contribution in [3.8, 4) is 0 Å². The van der Waals surface area contributed by atoms with Crippen molar-refractivity contribution in [1.82, 2.24) is 9.78 Å². The van der Waals surface area contributed by atoms with E-state index in [1.807, 2.05) is 0 Å². The Morgan fingerprint density at radius 1 is 1.36 bits per heavy atom. The number of benzene rings is 1. The van der Waals surface area contributed by atoms with Gasteiger partial charge in [-0.15, -0.1) is 0 Å². The van der Waals surface area contributed by atoms with Crippen molar-refractivity contribution >= 4 is 15.8 Å². The quantitative estimate of drug-likeness (QED) is 0.781. The summed E-state index contributed by atoms with van der Waals surface area (Å²) in [6.45, 7) is 1.67. The highest BCUT2D eigenvalue weighted by Crippen LogP contribution is 2.16. The first kappa shape index (κ1) is 16.2. The van der Waals surface area contributed by atoms with E-state index < -0.39 is 21.6 Å². The van der Waals surface area contributed by atoms with Crippen molar-refractivity contribution in [3.63, 3.8) is 0 Å². The molecule has 2 aromatic rings. The van der Waals surface area contributed by atoms with E-state index >= 15 is 0 Å². The van der Waals surface area contributed by atoms with E-state index in [0.29, 0.717) is 0 Å².